The second-order valence-electron chi connectivity index (χ2n) is 3.93. The molecule has 0 aliphatic heterocycles. The van der Waals surface area contributed by atoms with E-state index in [9.17, 15) is 13.2 Å². The van der Waals surface area contributed by atoms with Crippen LogP contribution < -0.4 is 0 Å². The van der Waals surface area contributed by atoms with E-state index >= 15 is 0 Å². The Kier molecular flexibility index (Phi) is 3.83. The quantitative estimate of drug-likeness (QED) is 0.679. The van der Waals surface area contributed by atoms with Gasteiger partial charge in [0.05, 0.1) is 21.2 Å². The first kappa shape index (κ1) is 14.3. The van der Waals surface area contributed by atoms with Crippen molar-refractivity contribution in [1.29, 1.82) is 0 Å². The molecule has 0 fully saturated rings. The molecule has 0 atom stereocenters. The van der Waals surface area contributed by atoms with Gasteiger partial charge in [0, 0.05) is 6.42 Å². The fraction of sp³-hybridized carbons (Fsp3) is 0.231. The van der Waals surface area contributed by atoms with Gasteiger partial charge in [-0.25, -0.2) is 0 Å². The molecular formula is C13H9Cl2F3O. The molecule has 19 heavy (non-hydrogen) atoms. The molecule has 2 rings (SSSR count). The highest BCUT2D eigenvalue weighted by Gasteiger charge is 2.32. The Hall–Kier alpha value is -1.13. The minimum atomic E-state index is -4.48. The van der Waals surface area contributed by atoms with Crippen LogP contribution in [0.1, 0.15) is 18.2 Å². The highest BCUT2D eigenvalue weighted by molar-refractivity contribution is 6.39. The van der Waals surface area contributed by atoms with Gasteiger partial charge in [-0.3, -0.25) is 0 Å². The summed E-state index contributed by atoms with van der Waals surface area (Å²) in [6, 6.07) is 5.06. The largest absolute Gasteiger partial charge is 0.461 e. The van der Waals surface area contributed by atoms with Gasteiger partial charge in [-0.2, -0.15) is 13.2 Å². The zero-order valence-electron chi connectivity index (χ0n) is 9.81. The molecule has 0 aliphatic carbocycles. The number of alkyl halides is 3. The summed E-state index contributed by atoms with van der Waals surface area (Å²) in [6.45, 7) is 1.90. The van der Waals surface area contributed by atoms with Crippen LogP contribution in [0.5, 0.6) is 0 Å². The number of halogens is 5. The van der Waals surface area contributed by atoms with Crippen molar-refractivity contribution in [2.24, 2.45) is 0 Å². The Morgan fingerprint density at radius 2 is 1.68 bits per heavy atom. The van der Waals surface area contributed by atoms with E-state index in [1.54, 1.807) is 12.1 Å². The van der Waals surface area contributed by atoms with Gasteiger partial charge in [-0.05, 0) is 24.3 Å². The summed E-state index contributed by atoms with van der Waals surface area (Å²) in [5.41, 5.74) is -0.607. The maximum Gasteiger partial charge on any atom is 0.416 e. The normalized spacial score (nSPS) is 11.9. The minimum absolute atomic E-state index is 0.0863. The Morgan fingerprint density at radius 1 is 1.11 bits per heavy atom. The number of furan rings is 1. The first-order valence-corrected chi connectivity index (χ1v) is 6.24. The molecule has 0 unspecified atom stereocenters. The second-order valence-corrected chi connectivity index (χ2v) is 4.75. The molecule has 0 saturated heterocycles. The lowest BCUT2D eigenvalue weighted by Crippen LogP contribution is -2.05. The molecule has 0 aliphatic rings. The fourth-order valence-electron chi connectivity index (χ4n) is 1.67. The predicted molar refractivity (Wildman–Crippen MR) is 68.5 cm³/mol. The van der Waals surface area contributed by atoms with Gasteiger partial charge in [0.1, 0.15) is 11.5 Å². The van der Waals surface area contributed by atoms with Crippen LogP contribution >= 0.6 is 23.2 Å². The van der Waals surface area contributed by atoms with Crippen LogP contribution in [0.3, 0.4) is 0 Å². The fourth-order valence-corrected chi connectivity index (χ4v) is 2.35. The highest BCUT2D eigenvalue weighted by Crippen LogP contribution is 2.40. The van der Waals surface area contributed by atoms with E-state index in [0.29, 0.717) is 17.9 Å². The zero-order chi connectivity index (χ0) is 14.2. The average molecular weight is 309 g/mol. The van der Waals surface area contributed by atoms with Gasteiger partial charge < -0.3 is 4.42 Å². The van der Waals surface area contributed by atoms with E-state index in [0.717, 1.165) is 12.1 Å². The summed E-state index contributed by atoms with van der Waals surface area (Å²) < 4.78 is 43.3. The van der Waals surface area contributed by atoms with E-state index in [1.807, 2.05) is 6.92 Å². The maximum atomic E-state index is 12.6. The van der Waals surface area contributed by atoms with Crippen molar-refractivity contribution in [3.8, 4) is 11.3 Å². The van der Waals surface area contributed by atoms with Crippen LogP contribution in [0.2, 0.25) is 10.0 Å². The number of benzene rings is 1. The Balaban J connectivity index is 2.53. The van der Waals surface area contributed by atoms with Crippen LogP contribution in [0.25, 0.3) is 11.3 Å². The van der Waals surface area contributed by atoms with E-state index < -0.39 is 11.7 Å². The molecule has 2 aromatic rings. The molecule has 1 aromatic heterocycles. The Morgan fingerprint density at radius 3 is 2.11 bits per heavy atom. The third-order valence-electron chi connectivity index (χ3n) is 2.63. The summed E-state index contributed by atoms with van der Waals surface area (Å²) in [6.07, 6.45) is -3.81. The van der Waals surface area contributed by atoms with Crippen LogP contribution in [-0.4, -0.2) is 0 Å². The number of rotatable bonds is 2. The molecular weight excluding hydrogens is 300 g/mol. The Bertz CT molecular complexity index is 579. The molecule has 1 heterocycles. The average Bonchev–Trinajstić information content (AvgIpc) is 2.75. The summed E-state index contributed by atoms with van der Waals surface area (Å²) in [5, 5.41) is -0.173. The highest BCUT2D eigenvalue weighted by atomic mass is 35.5. The van der Waals surface area contributed by atoms with Crippen molar-refractivity contribution in [2.75, 3.05) is 0 Å². The van der Waals surface area contributed by atoms with Crippen LogP contribution in [0.4, 0.5) is 13.2 Å². The summed E-state index contributed by atoms with van der Waals surface area (Å²) >= 11 is 11.8. The molecule has 0 amide bonds. The van der Waals surface area contributed by atoms with Crippen LogP contribution in [0, 0.1) is 0 Å². The molecule has 1 nitrogen and oxygen atoms in total. The molecule has 102 valence electrons. The van der Waals surface area contributed by atoms with Crippen LogP contribution in [0.15, 0.2) is 28.7 Å². The van der Waals surface area contributed by atoms with Crippen molar-refractivity contribution in [3.63, 3.8) is 0 Å². The van der Waals surface area contributed by atoms with Crippen molar-refractivity contribution in [2.45, 2.75) is 19.5 Å². The number of hydrogen-bond acceptors (Lipinski definition) is 1. The minimum Gasteiger partial charge on any atom is -0.461 e. The first-order valence-electron chi connectivity index (χ1n) is 5.48. The molecule has 0 saturated carbocycles. The molecule has 0 spiro atoms. The van der Waals surface area contributed by atoms with Crippen molar-refractivity contribution in [3.05, 3.63) is 45.6 Å². The molecule has 0 N–H and O–H groups in total. The SMILES string of the molecule is CCc1ccc(-c2c(Cl)cc(C(F)(F)F)cc2Cl)o1. The van der Waals surface area contributed by atoms with Crippen molar-refractivity contribution >= 4 is 23.2 Å². The zero-order valence-corrected chi connectivity index (χ0v) is 11.3. The standard InChI is InChI=1S/C13H9Cl2F3O/c1-2-8-3-4-11(19-8)12-9(14)5-7(6-10(12)15)13(16,17)18/h3-6H,2H2,1H3. The third-order valence-corrected chi connectivity index (χ3v) is 3.22. The Labute approximate surface area is 117 Å². The van der Waals surface area contributed by atoms with Gasteiger partial charge in [0.15, 0.2) is 0 Å². The van der Waals surface area contributed by atoms with Gasteiger partial charge in [0.25, 0.3) is 0 Å². The van der Waals surface area contributed by atoms with Crippen molar-refractivity contribution < 1.29 is 17.6 Å². The molecule has 6 heteroatoms. The third kappa shape index (κ3) is 2.90. The van der Waals surface area contributed by atoms with E-state index in [1.165, 1.54) is 0 Å². The molecule has 0 bridgehead atoms. The maximum absolute atomic E-state index is 12.6. The summed E-state index contributed by atoms with van der Waals surface area (Å²) in [7, 11) is 0. The second kappa shape index (κ2) is 5.10. The van der Waals surface area contributed by atoms with E-state index in [4.69, 9.17) is 27.6 Å². The van der Waals surface area contributed by atoms with Crippen LogP contribution in [-0.2, 0) is 12.6 Å². The topological polar surface area (TPSA) is 13.1 Å². The van der Waals surface area contributed by atoms with Crippen molar-refractivity contribution in [1.82, 2.24) is 0 Å². The number of aryl methyl sites for hydroxylation is 1. The van der Waals surface area contributed by atoms with Gasteiger partial charge in [0.2, 0.25) is 0 Å². The summed E-state index contributed by atoms with van der Waals surface area (Å²) in [5.74, 6) is 1.07. The lowest BCUT2D eigenvalue weighted by molar-refractivity contribution is -0.137. The lowest BCUT2D eigenvalue weighted by atomic mass is 10.1. The molecule has 0 radical (unpaired) electrons. The van der Waals surface area contributed by atoms with E-state index in [2.05, 4.69) is 0 Å². The monoisotopic (exact) mass is 308 g/mol. The molecule has 1 aromatic carbocycles. The lowest BCUT2D eigenvalue weighted by Gasteiger charge is -2.10. The van der Waals surface area contributed by atoms with Gasteiger partial charge in [-0.1, -0.05) is 30.1 Å². The number of hydrogen-bond donors (Lipinski definition) is 0. The van der Waals surface area contributed by atoms with E-state index in [-0.39, 0.29) is 15.6 Å². The van der Waals surface area contributed by atoms with Gasteiger partial charge in [-0.15, -0.1) is 0 Å². The smallest absolute Gasteiger partial charge is 0.416 e. The summed E-state index contributed by atoms with van der Waals surface area (Å²) in [4.78, 5) is 0. The first-order chi connectivity index (χ1) is 8.82. The predicted octanol–water partition coefficient (Wildman–Crippen LogP) is 5.83. The van der Waals surface area contributed by atoms with Gasteiger partial charge >= 0.3 is 6.18 Å².